The van der Waals surface area contributed by atoms with Gasteiger partial charge in [-0.25, -0.2) is 4.79 Å². The molecule has 0 aromatic heterocycles. The van der Waals surface area contributed by atoms with E-state index in [-0.39, 0.29) is 18.1 Å². The molecule has 5 nitrogen and oxygen atoms in total. The highest BCUT2D eigenvalue weighted by molar-refractivity contribution is 6.29. The first-order valence-corrected chi connectivity index (χ1v) is 11.2. The zero-order valence-corrected chi connectivity index (χ0v) is 19.5. The molecule has 0 fully saturated rings. The average Bonchev–Trinajstić information content (AvgIpc) is 2.66. The van der Waals surface area contributed by atoms with Gasteiger partial charge in [0.2, 0.25) is 0 Å². The standard InChI is InChI=1S/C24H36ClN3O2/c1-6-14-28(23(29)30-24(3,4)5)15-8-11-21-13-12-19(17-26-21)18(2)27-22-10-7-9-20(25)16-22/h7,9-10,13,17,19,22,27H,2,6,8,11-12,14-16H2,1,3-5H3. The molecule has 0 aromatic rings. The lowest BCUT2D eigenvalue weighted by Gasteiger charge is -2.27. The number of ether oxygens (including phenoxy) is 1. The molecule has 0 radical (unpaired) electrons. The van der Waals surface area contributed by atoms with Crippen LogP contribution in [0.4, 0.5) is 4.79 Å². The van der Waals surface area contributed by atoms with E-state index < -0.39 is 5.60 Å². The minimum atomic E-state index is -0.472. The van der Waals surface area contributed by atoms with Gasteiger partial charge in [-0.15, -0.1) is 0 Å². The van der Waals surface area contributed by atoms with Crippen molar-refractivity contribution in [3.63, 3.8) is 0 Å². The van der Waals surface area contributed by atoms with Crippen LogP contribution in [0, 0.1) is 5.92 Å². The number of halogens is 1. The molecule has 2 atom stereocenters. The van der Waals surface area contributed by atoms with Gasteiger partial charge < -0.3 is 15.0 Å². The van der Waals surface area contributed by atoms with E-state index in [4.69, 9.17) is 16.3 Å². The summed E-state index contributed by atoms with van der Waals surface area (Å²) in [6.45, 7) is 13.3. The maximum absolute atomic E-state index is 12.4. The first-order chi connectivity index (χ1) is 14.2. The van der Waals surface area contributed by atoms with Gasteiger partial charge in [0.05, 0.1) is 0 Å². The molecule has 0 spiro atoms. The van der Waals surface area contributed by atoms with Crippen LogP contribution in [0.3, 0.4) is 0 Å². The minimum absolute atomic E-state index is 0.185. The molecule has 1 aliphatic heterocycles. The van der Waals surface area contributed by atoms with Crippen LogP contribution in [-0.2, 0) is 4.74 Å². The summed E-state index contributed by atoms with van der Waals surface area (Å²) in [6.07, 6.45) is 14.2. The molecule has 0 saturated carbocycles. The molecular weight excluding hydrogens is 398 g/mol. The fraction of sp³-hybridized carbons (Fsp3) is 0.583. The number of carbonyl (C=O) groups is 1. The number of rotatable bonds is 9. The van der Waals surface area contributed by atoms with Crippen LogP contribution in [0.15, 0.2) is 52.3 Å². The van der Waals surface area contributed by atoms with E-state index in [1.807, 2.05) is 39.1 Å². The number of nitrogens with zero attached hydrogens (tertiary/aromatic N) is 2. The Kier molecular flexibility index (Phi) is 9.22. The number of nitrogens with one attached hydrogen (secondary N) is 1. The van der Waals surface area contributed by atoms with Crippen molar-refractivity contribution in [3.8, 4) is 0 Å². The molecule has 6 heteroatoms. The van der Waals surface area contributed by atoms with Gasteiger partial charge in [-0.05, 0) is 52.5 Å². The highest BCUT2D eigenvalue weighted by Gasteiger charge is 2.22. The van der Waals surface area contributed by atoms with Crippen LogP contribution < -0.4 is 5.32 Å². The zero-order chi connectivity index (χ0) is 22.1. The van der Waals surface area contributed by atoms with Crippen molar-refractivity contribution in [2.45, 2.75) is 71.4 Å². The Morgan fingerprint density at radius 2 is 2.17 bits per heavy atom. The van der Waals surface area contributed by atoms with Crippen molar-refractivity contribution in [1.29, 1.82) is 0 Å². The van der Waals surface area contributed by atoms with Crippen molar-refractivity contribution in [1.82, 2.24) is 10.2 Å². The topological polar surface area (TPSA) is 53.9 Å². The fourth-order valence-electron chi connectivity index (χ4n) is 3.39. The van der Waals surface area contributed by atoms with Gasteiger partial charge in [-0.1, -0.05) is 43.3 Å². The van der Waals surface area contributed by atoms with E-state index in [1.54, 1.807) is 4.90 Å². The number of hydrogen-bond acceptors (Lipinski definition) is 4. The van der Waals surface area contributed by atoms with Crippen molar-refractivity contribution in [2.24, 2.45) is 10.9 Å². The first kappa shape index (κ1) is 24.3. The minimum Gasteiger partial charge on any atom is -0.444 e. The molecule has 166 valence electrons. The summed E-state index contributed by atoms with van der Waals surface area (Å²) in [7, 11) is 0. The van der Waals surface area contributed by atoms with Gasteiger partial charge in [0.1, 0.15) is 5.60 Å². The Morgan fingerprint density at radius 3 is 2.77 bits per heavy atom. The third kappa shape index (κ3) is 8.39. The highest BCUT2D eigenvalue weighted by atomic mass is 35.5. The summed E-state index contributed by atoms with van der Waals surface area (Å²) in [4.78, 5) is 18.8. The molecule has 1 N–H and O–H groups in total. The van der Waals surface area contributed by atoms with E-state index in [9.17, 15) is 4.79 Å². The van der Waals surface area contributed by atoms with Crippen molar-refractivity contribution in [3.05, 3.63) is 47.3 Å². The second-order valence-electron chi connectivity index (χ2n) is 8.87. The maximum atomic E-state index is 12.4. The van der Waals surface area contributed by atoms with Crippen molar-refractivity contribution >= 4 is 23.9 Å². The normalized spacial score (nSPS) is 21.0. The quantitative estimate of drug-likeness (QED) is 0.489. The molecule has 0 bridgehead atoms. The second-order valence-corrected chi connectivity index (χ2v) is 9.35. The van der Waals surface area contributed by atoms with E-state index >= 15 is 0 Å². The lowest BCUT2D eigenvalue weighted by atomic mass is 9.98. The first-order valence-electron chi connectivity index (χ1n) is 10.9. The Morgan fingerprint density at radius 1 is 1.40 bits per heavy atom. The number of aliphatic imine (C=N–C) groups is 1. The highest BCUT2D eigenvalue weighted by Crippen LogP contribution is 2.23. The van der Waals surface area contributed by atoms with Crippen LogP contribution in [0.5, 0.6) is 0 Å². The van der Waals surface area contributed by atoms with Crippen LogP contribution >= 0.6 is 11.6 Å². The number of hydrogen-bond donors (Lipinski definition) is 1. The molecular formula is C24H36ClN3O2. The van der Waals surface area contributed by atoms with E-state index in [2.05, 4.69) is 36.0 Å². The summed E-state index contributed by atoms with van der Waals surface area (Å²) < 4.78 is 5.51. The predicted molar refractivity (Wildman–Crippen MR) is 126 cm³/mol. The van der Waals surface area contributed by atoms with E-state index in [0.717, 1.165) is 48.5 Å². The van der Waals surface area contributed by atoms with Gasteiger partial charge in [0.25, 0.3) is 0 Å². The summed E-state index contributed by atoms with van der Waals surface area (Å²) >= 11 is 6.11. The molecule has 2 rings (SSSR count). The van der Waals surface area contributed by atoms with Crippen LogP contribution in [0.2, 0.25) is 0 Å². The molecule has 2 aliphatic rings. The second kappa shape index (κ2) is 11.4. The lowest BCUT2D eigenvalue weighted by Crippen LogP contribution is -2.37. The Balaban J connectivity index is 1.76. The summed E-state index contributed by atoms with van der Waals surface area (Å²) in [5.41, 5.74) is 1.57. The van der Waals surface area contributed by atoms with Crippen LogP contribution in [-0.4, -0.2) is 41.9 Å². The number of allylic oxidation sites excluding steroid dienone is 5. The van der Waals surface area contributed by atoms with Gasteiger partial charge >= 0.3 is 6.09 Å². The largest absolute Gasteiger partial charge is 0.444 e. The molecule has 2 unspecified atom stereocenters. The summed E-state index contributed by atoms with van der Waals surface area (Å²) in [5, 5.41) is 4.30. The number of amides is 1. The smallest absolute Gasteiger partial charge is 0.410 e. The SMILES string of the molecule is C=C(NC1C=CC=C(Cl)C1)C1C=NC(CCCN(CCC)C(=O)OC(C)(C)C)=CC1. The van der Waals surface area contributed by atoms with E-state index in [1.165, 1.54) is 0 Å². The molecule has 1 aliphatic carbocycles. The molecule has 0 aromatic carbocycles. The maximum Gasteiger partial charge on any atom is 0.410 e. The Labute approximate surface area is 186 Å². The van der Waals surface area contributed by atoms with Gasteiger partial charge in [-0.3, -0.25) is 4.99 Å². The third-order valence-electron chi connectivity index (χ3n) is 4.89. The van der Waals surface area contributed by atoms with Crippen LogP contribution in [0.25, 0.3) is 0 Å². The fourth-order valence-corrected chi connectivity index (χ4v) is 3.63. The van der Waals surface area contributed by atoms with Crippen molar-refractivity contribution < 1.29 is 9.53 Å². The number of carbonyl (C=O) groups excluding carboxylic acids is 1. The third-order valence-corrected chi connectivity index (χ3v) is 5.17. The van der Waals surface area contributed by atoms with E-state index in [0.29, 0.717) is 13.1 Å². The van der Waals surface area contributed by atoms with Crippen LogP contribution in [0.1, 0.15) is 59.8 Å². The molecule has 1 heterocycles. The Hall–Kier alpha value is -2.01. The van der Waals surface area contributed by atoms with Gasteiger partial charge in [0.15, 0.2) is 0 Å². The van der Waals surface area contributed by atoms with Gasteiger partial charge in [0, 0.05) is 54.1 Å². The lowest BCUT2D eigenvalue weighted by molar-refractivity contribution is 0.0248. The summed E-state index contributed by atoms with van der Waals surface area (Å²) in [5.74, 6) is 0.185. The monoisotopic (exact) mass is 433 g/mol. The summed E-state index contributed by atoms with van der Waals surface area (Å²) in [6, 6.07) is 0.186. The Bertz CT molecular complexity index is 731. The molecule has 1 amide bonds. The van der Waals surface area contributed by atoms with Gasteiger partial charge in [-0.2, -0.15) is 0 Å². The predicted octanol–water partition coefficient (Wildman–Crippen LogP) is 5.94. The molecule has 0 saturated heterocycles. The average molecular weight is 434 g/mol. The van der Waals surface area contributed by atoms with Crippen molar-refractivity contribution in [2.75, 3.05) is 13.1 Å². The zero-order valence-electron chi connectivity index (χ0n) is 18.8. The molecule has 30 heavy (non-hydrogen) atoms.